The summed E-state index contributed by atoms with van der Waals surface area (Å²) in [6.45, 7) is 7.80. The van der Waals surface area contributed by atoms with Gasteiger partial charge in [-0.25, -0.2) is 4.79 Å². The molecule has 1 aromatic rings. The molecule has 4 heterocycles. The largest absolute Gasteiger partial charge is 0.496 e. The maximum absolute atomic E-state index is 12.7. The van der Waals surface area contributed by atoms with E-state index in [0.29, 0.717) is 18.3 Å². The van der Waals surface area contributed by atoms with Crippen LogP contribution in [0, 0.1) is 11.3 Å². The molecule has 2 bridgehead atoms. The molecule has 3 saturated heterocycles. The van der Waals surface area contributed by atoms with E-state index in [1.54, 1.807) is 7.11 Å². The van der Waals surface area contributed by atoms with Crippen LogP contribution in [0.1, 0.15) is 38.3 Å². The van der Waals surface area contributed by atoms with E-state index in [0.717, 1.165) is 48.3 Å². The molecule has 27 heavy (non-hydrogen) atoms. The maximum atomic E-state index is 12.7. The van der Waals surface area contributed by atoms with Crippen molar-refractivity contribution in [3.05, 3.63) is 22.2 Å². The van der Waals surface area contributed by atoms with Gasteiger partial charge in [0.1, 0.15) is 17.6 Å². The van der Waals surface area contributed by atoms with E-state index in [2.05, 4.69) is 40.0 Å². The van der Waals surface area contributed by atoms with Crippen molar-refractivity contribution in [3.63, 3.8) is 0 Å². The molecule has 0 radical (unpaired) electrons. The number of hydrogen-bond donors (Lipinski definition) is 1. The fraction of sp³-hybridized carbons (Fsp3) is 0.650. The Morgan fingerprint density at radius 1 is 1.33 bits per heavy atom. The summed E-state index contributed by atoms with van der Waals surface area (Å²) in [7, 11) is 1.63. The molecule has 6 nitrogen and oxygen atoms in total. The molecule has 0 aliphatic carbocycles. The van der Waals surface area contributed by atoms with Gasteiger partial charge in [0.2, 0.25) is 0 Å². The summed E-state index contributed by atoms with van der Waals surface area (Å²) < 4.78 is 18.0. The SMILES string of the molecule is COc1cc2c(cc1Br)OCC(C)(C)C2NC(=O)O[C@H]1CN2CCC1CC2. The van der Waals surface area contributed by atoms with Crippen molar-refractivity contribution in [3.8, 4) is 11.5 Å². The van der Waals surface area contributed by atoms with Gasteiger partial charge in [0.05, 0.1) is 24.2 Å². The molecule has 3 fully saturated rings. The van der Waals surface area contributed by atoms with Crippen molar-refractivity contribution < 1.29 is 19.0 Å². The summed E-state index contributed by atoms with van der Waals surface area (Å²) in [4.78, 5) is 15.1. The maximum Gasteiger partial charge on any atom is 0.407 e. The third-order valence-corrected chi connectivity index (χ3v) is 6.71. The Hall–Kier alpha value is -1.47. The van der Waals surface area contributed by atoms with Gasteiger partial charge in [-0.2, -0.15) is 0 Å². The lowest BCUT2D eigenvalue weighted by molar-refractivity contribution is -0.0361. The Bertz CT molecular complexity index is 731. The zero-order valence-corrected chi connectivity index (χ0v) is 17.7. The number of fused-ring (bicyclic) bond motifs is 4. The van der Waals surface area contributed by atoms with Crippen LogP contribution in [0.5, 0.6) is 11.5 Å². The van der Waals surface area contributed by atoms with Crippen molar-refractivity contribution in [1.82, 2.24) is 10.2 Å². The van der Waals surface area contributed by atoms with E-state index in [1.807, 2.05) is 12.1 Å². The van der Waals surface area contributed by atoms with Gasteiger partial charge in [-0.3, -0.25) is 4.90 Å². The van der Waals surface area contributed by atoms with E-state index in [-0.39, 0.29) is 23.7 Å². The number of ether oxygens (including phenoxy) is 3. The highest BCUT2D eigenvalue weighted by atomic mass is 79.9. The summed E-state index contributed by atoms with van der Waals surface area (Å²) in [6, 6.07) is 3.62. The summed E-state index contributed by atoms with van der Waals surface area (Å²) in [6.07, 6.45) is 1.89. The minimum atomic E-state index is -0.346. The van der Waals surface area contributed by atoms with Gasteiger partial charge in [-0.15, -0.1) is 0 Å². The van der Waals surface area contributed by atoms with E-state index in [1.165, 1.54) is 0 Å². The quantitative estimate of drug-likeness (QED) is 0.778. The molecule has 4 aliphatic rings. The summed E-state index contributed by atoms with van der Waals surface area (Å²) in [5, 5.41) is 3.11. The number of hydrogen-bond acceptors (Lipinski definition) is 5. The molecule has 1 unspecified atom stereocenters. The van der Waals surface area contributed by atoms with Crippen molar-refractivity contribution in [2.75, 3.05) is 33.4 Å². The predicted octanol–water partition coefficient (Wildman–Crippen LogP) is 3.74. The molecule has 1 aromatic carbocycles. The van der Waals surface area contributed by atoms with E-state index in [4.69, 9.17) is 14.2 Å². The molecule has 0 spiro atoms. The second-order valence-electron chi connectivity index (χ2n) is 8.46. The first-order valence-electron chi connectivity index (χ1n) is 9.57. The molecule has 5 rings (SSSR count). The van der Waals surface area contributed by atoms with Crippen LogP contribution in [-0.4, -0.2) is 50.4 Å². The monoisotopic (exact) mass is 438 g/mol. The van der Waals surface area contributed by atoms with Crippen LogP contribution in [0.4, 0.5) is 4.79 Å². The number of carbonyl (C=O) groups excluding carboxylic acids is 1. The Morgan fingerprint density at radius 2 is 2.07 bits per heavy atom. The lowest BCUT2D eigenvalue weighted by atomic mass is 9.79. The first-order chi connectivity index (χ1) is 12.9. The highest BCUT2D eigenvalue weighted by molar-refractivity contribution is 9.10. The number of alkyl carbamates (subject to hydrolysis) is 1. The van der Waals surface area contributed by atoms with Crippen LogP contribution < -0.4 is 14.8 Å². The normalized spacial score (nSPS) is 30.8. The second kappa shape index (κ2) is 7.17. The standard InChI is InChI=1S/C20H27BrN2O4/c1-20(2)11-26-15-9-14(21)16(25-3)8-13(15)18(20)22-19(24)27-17-10-23-6-4-12(17)5-7-23/h8-9,12,17-18H,4-7,10-11H2,1-3H3,(H,22,24)/t17-,18?/m0/s1. The third kappa shape index (κ3) is 3.63. The Balaban J connectivity index is 1.52. The van der Waals surface area contributed by atoms with Gasteiger partial charge in [0.15, 0.2) is 0 Å². The lowest BCUT2D eigenvalue weighted by Crippen LogP contribution is -2.53. The van der Waals surface area contributed by atoms with Gasteiger partial charge in [-0.05, 0) is 59.9 Å². The van der Waals surface area contributed by atoms with Crippen LogP contribution in [0.15, 0.2) is 16.6 Å². The topological polar surface area (TPSA) is 60.0 Å². The molecule has 1 amide bonds. The third-order valence-electron chi connectivity index (χ3n) is 6.09. The highest BCUT2D eigenvalue weighted by Gasteiger charge is 2.41. The number of rotatable bonds is 3. The van der Waals surface area contributed by atoms with Gasteiger partial charge in [0.25, 0.3) is 0 Å². The Labute approximate surface area is 168 Å². The molecule has 0 aromatic heterocycles. The smallest absolute Gasteiger partial charge is 0.407 e. The number of benzene rings is 1. The molecule has 1 N–H and O–H groups in total. The van der Waals surface area contributed by atoms with Crippen molar-refractivity contribution >= 4 is 22.0 Å². The first kappa shape index (κ1) is 18.9. The molecular weight excluding hydrogens is 412 g/mol. The zero-order chi connectivity index (χ0) is 19.2. The zero-order valence-electron chi connectivity index (χ0n) is 16.1. The number of nitrogens with one attached hydrogen (secondary N) is 1. The number of halogens is 1. The predicted molar refractivity (Wildman–Crippen MR) is 105 cm³/mol. The van der Waals surface area contributed by atoms with Crippen LogP contribution in [0.2, 0.25) is 0 Å². The summed E-state index contributed by atoms with van der Waals surface area (Å²) in [5.74, 6) is 1.97. The molecule has 7 heteroatoms. The minimum absolute atomic E-state index is 0.00521. The average Bonchev–Trinajstić information content (AvgIpc) is 2.65. The van der Waals surface area contributed by atoms with Gasteiger partial charge >= 0.3 is 6.09 Å². The molecule has 148 valence electrons. The summed E-state index contributed by atoms with van der Waals surface area (Å²) in [5.41, 5.74) is 0.650. The van der Waals surface area contributed by atoms with Crippen LogP contribution in [0.25, 0.3) is 0 Å². The summed E-state index contributed by atoms with van der Waals surface area (Å²) >= 11 is 3.50. The molecular formula is C20H27BrN2O4. The van der Waals surface area contributed by atoms with E-state index < -0.39 is 0 Å². The average molecular weight is 439 g/mol. The second-order valence-corrected chi connectivity index (χ2v) is 9.32. The number of piperidine rings is 3. The molecule has 0 saturated carbocycles. The van der Waals surface area contributed by atoms with E-state index in [9.17, 15) is 4.79 Å². The Kier molecular flexibility index (Phi) is 5.01. The Morgan fingerprint density at radius 3 is 2.70 bits per heavy atom. The van der Waals surface area contributed by atoms with E-state index >= 15 is 0 Å². The van der Waals surface area contributed by atoms with Crippen molar-refractivity contribution in [1.29, 1.82) is 0 Å². The van der Waals surface area contributed by atoms with Crippen LogP contribution in [0.3, 0.4) is 0 Å². The number of carbonyl (C=O) groups is 1. The fourth-order valence-corrected chi connectivity index (χ4v) is 4.92. The van der Waals surface area contributed by atoms with Gasteiger partial charge in [-0.1, -0.05) is 13.8 Å². The molecule has 4 aliphatic heterocycles. The number of amides is 1. The van der Waals surface area contributed by atoms with Crippen LogP contribution >= 0.6 is 15.9 Å². The number of methoxy groups -OCH3 is 1. The molecule has 2 atom stereocenters. The van der Waals surface area contributed by atoms with Crippen molar-refractivity contribution in [2.24, 2.45) is 11.3 Å². The van der Waals surface area contributed by atoms with Crippen LogP contribution in [-0.2, 0) is 4.74 Å². The first-order valence-corrected chi connectivity index (χ1v) is 10.4. The highest BCUT2D eigenvalue weighted by Crippen LogP contribution is 2.46. The fourth-order valence-electron chi connectivity index (χ4n) is 4.43. The number of nitrogens with zero attached hydrogens (tertiary/aromatic N) is 1. The van der Waals surface area contributed by atoms with Gasteiger partial charge < -0.3 is 19.5 Å². The van der Waals surface area contributed by atoms with Crippen molar-refractivity contribution in [2.45, 2.75) is 38.8 Å². The lowest BCUT2D eigenvalue weighted by Gasteiger charge is -2.44. The minimum Gasteiger partial charge on any atom is -0.496 e. The van der Waals surface area contributed by atoms with Gasteiger partial charge in [0, 0.05) is 17.5 Å².